The van der Waals surface area contributed by atoms with Gasteiger partial charge in [0.05, 0.1) is 17.2 Å². The number of benzene rings is 1. The molecule has 0 radical (unpaired) electrons. The lowest BCUT2D eigenvalue weighted by Gasteiger charge is -2.22. The van der Waals surface area contributed by atoms with Crippen LogP contribution in [0.3, 0.4) is 0 Å². The smallest absolute Gasteiger partial charge is 0.243 e. The van der Waals surface area contributed by atoms with E-state index >= 15 is 0 Å². The van der Waals surface area contributed by atoms with Crippen molar-refractivity contribution < 1.29 is 12.8 Å². The summed E-state index contributed by atoms with van der Waals surface area (Å²) in [5, 5.41) is 0. The van der Waals surface area contributed by atoms with Crippen molar-refractivity contribution >= 4 is 10.0 Å². The molecule has 1 aromatic heterocycles. The molecular weight excluding hydrogens is 274 g/mol. The highest BCUT2D eigenvalue weighted by Gasteiger charge is 2.37. The fourth-order valence-electron chi connectivity index (χ4n) is 2.64. The molecule has 106 valence electrons. The fraction of sp³-hybridized carbons (Fsp3) is 0.333. The number of hydrogen-bond acceptors (Lipinski definition) is 3. The van der Waals surface area contributed by atoms with Gasteiger partial charge in [0, 0.05) is 6.54 Å². The Bertz CT molecular complexity index is 674. The van der Waals surface area contributed by atoms with E-state index in [0.717, 1.165) is 24.2 Å². The summed E-state index contributed by atoms with van der Waals surface area (Å²) < 4.78 is 32.4. The molecule has 0 unspecified atom stereocenters. The normalized spacial score (nSPS) is 20.4. The van der Waals surface area contributed by atoms with Gasteiger partial charge in [0.1, 0.15) is 5.76 Å². The van der Waals surface area contributed by atoms with E-state index in [1.165, 1.54) is 0 Å². The maximum atomic E-state index is 12.7. The summed E-state index contributed by atoms with van der Waals surface area (Å²) in [7, 11) is -3.46. The highest BCUT2D eigenvalue weighted by Crippen LogP contribution is 2.36. The summed E-state index contributed by atoms with van der Waals surface area (Å²) in [6, 6.07) is 10.4. The second-order valence-corrected chi connectivity index (χ2v) is 6.99. The minimum atomic E-state index is -3.46. The third-order valence-corrected chi connectivity index (χ3v) is 5.63. The predicted octanol–water partition coefficient (Wildman–Crippen LogP) is 3.11. The molecule has 0 saturated carbocycles. The van der Waals surface area contributed by atoms with Crippen molar-refractivity contribution in [3.8, 4) is 0 Å². The third kappa shape index (κ3) is 2.27. The van der Waals surface area contributed by atoms with Crippen LogP contribution < -0.4 is 0 Å². The van der Waals surface area contributed by atoms with Gasteiger partial charge in [-0.1, -0.05) is 17.7 Å². The summed E-state index contributed by atoms with van der Waals surface area (Å²) in [6.45, 7) is 2.49. The second-order valence-electron chi connectivity index (χ2n) is 5.10. The highest BCUT2D eigenvalue weighted by molar-refractivity contribution is 7.89. The van der Waals surface area contributed by atoms with E-state index in [-0.39, 0.29) is 6.04 Å². The number of aryl methyl sites for hydroxylation is 1. The minimum absolute atomic E-state index is 0.184. The van der Waals surface area contributed by atoms with E-state index in [4.69, 9.17) is 4.42 Å². The molecule has 0 spiro atoms. The van der Waals surface area contributed by atoms with Crippen LogP contribution in [0.15, 0.2) is 52.0 Å². The van der Waals surface area contributed by atoms with Gasteiger partial charge in [-0.05, 0) is 44.0 Å². The van der Waals surface area contributed by atoms with Gasteiger partial charge < -0.3 is 4.42 Å². The molecular formula is C15H17NO3S. The maximum absolute atomic E-state index is 12.7. The lowest BCUT2D eigenvalue weighted by atomic mass is 10.2. The summed E-state index contributed by atoms with van der Waals surface area (Å²) >= 11 is 0. The number of rotatable bonds is 3. The second kappa shape index (κ2) is 5.07. The van der Waals surface area contributed by atoms with Gasteiger partial charge in [0.15, 0.2) is 0 Å². The molecule has 0 bridgehead atoms. The summed E-state index contributed by atoms with van der Waals surface area (Å²) in [4.78, 5) is 0.349. The zero-order chi connectivity index (χ0) is 14.2. The van der Waals surface area contributed by atoms with Crippen molar-refractivity contribution in [2.75, 3.05) is 6.54 Å². The standard InChI is InChI=1S/C15H17NO3S/c1-12-6-8-13(9-7-12)20(17,18)16-10-2-4-14(16)15-5-3-11-19-15/h3,5-9,11,14H,2,4,10H2,1H3/t14-/m0/s1. The molecule has 2 heterocycles. The van der Waals surface area contributed by atoms with Crippen LogP contribution in [0.25, 0.3) is 0 Å². The van der Waals surface area contributed by atoms with Crippen LogP contribution in [0.2, 0.25) is 0 Å². The van der Waals surface area contributed by atoms with Crippen LogP contribution >= 0.6 is 0 Å². The van der Waals surface area contributed by atoms with Crippen LogP contribution in [-0.4, -0.2) is 19.3 Å². The Morgan fingerprint density at radius 3 is 2.60 bits per heavy atom. The van der Waals surface area contributed by atoms with E-state index in [0.29, 0.717) is 11.4 Å². The molecule has 1 aliphatic rings. The lowest BCUT2D eigenvalue weighted by Crippen LogP contribution is -2.30. The van der Waals surface area contributed by atoms with Crippen LogP contribution in [-0.2, 0) is 10.0 Å². The van der Waals surface area contributed by atoms with Crippen LogP contribution in [0.4, 0.5) is 0 Å². The molecule has 1 fully saturated rings. The zero-order valence-corrected chi connectivity index (χ0v) is 12.1. The van der Waals surface area contributed by atoms with Crippen molar-refractivity contribution in [3.05, 3.63) is 54.0 Å². The van der Waals surface area contributed by atoms with Crippen LogP contribution in [0.5, 0.6) is 0 Å². The topological polar surface area (TPSA) is 50.5 Å². The molecule has 2 aromatic rings. The molecule has 0 aliphatic carbocycles. The maximum Gasteiger partial charge on any atom is 0.243 e. The Morgan fingerprint density at radius 1 is 1.20 bits per heavy atom. The van der Waals surface area contributed by atoms with Gasteiger partial charge >= 0.3 is 0 Å². The highest BCUT2D eigenvalue weighted by atomic mass is 32.2. The molecule has 3 rings (SSSR count). The fourth-order valence-corrected chi connectivity index (χ4v) is 4.30. The monoisotopic (exact) mass is 291 g/mol. The van der Waals surface area contributed by atoms with E-state index in [1.54, 1.807) is 28.8 Å². The molecule has 1 saturated heterocycles. The number of furan rings is 1. The number of sulfonamides is 1. The summed E-state index contributed by atoms with van der Waals surface area (Å²) in [5.41, 5.74) is 1.05. The summed E-state index contributed by atoms with van der Waals surface area (Å²) in [5.74, 6) is 0.721. The van der Waals surface area contributed by atoms with Gasteiger partial charge in [-0.3, -0.25) is 0 Å². The molecule has 0 N–H and O–H groups in total. The predicted molar refractivity (Wildman–Crippen MR) is 75.8 cm³/mol. The first-order valence-corrected chi connectivity index (χ1v) is 8.15. The number of hydrogen-bond donors (Lipinski definition) is 0. The van der Waals surface area contributed by atoms with Crippen LogP contribution in [0.1, 0.15) is 30.2 Å². The molecule has 20 heavy (non-hydrogen) atoms. The average Bonchev–Trinajstić information content (AvgIpc) is 3.10. The van der Waals surface area contributed by atoms with Gasteiger partial charge in [0.25, 0.3) is 0 Å². The van der Waals surface area contributed by atoms with Crippen molar-refractivity contribution in [2.45, 2.75) is 30.7 Å². The third-order valence-electron chi connectivity index (χ3n) is 3.70. The first-order chi connectivity index (χ1) is 9.59. The average molecular weight is 291 g/mol. The molecule has 1 atom stereocenters. The van der Waals surface area contributed by atoms with E-state index in [1.807, 2.05) is 25.1 Å². The van der Waals surface area contributed by atoms with E-state index < -0.39 is 10.0 Å². The van der Waals surface area contributed by atoms with Gasteiger partial charge in [-0.2, -0.15) is 4.31 Å². The Morgan fingerprint density at radius 2 is 1.95 bits per heavy atom. The van der Waals surface area contributed by atoms with Crippen molar-refractivity contribution in [2.24, 2.45) is 0 Å². The van der Waals surface area contributed by atoms with Gasteiger partial charge in [-0.15, -0.1) is 0 Å². The molecule has 5 heteroatoms. The van der Waals surface area contributed by atoms with Gasteiger partial charge in [-0.25, -0.2) is 8.42 Å². The van der Waals surface area contributed by atoms with Gasteiger partial charge in [0.2, 0.25) is 10.0 Å². The van der Waals surface area contributed by atoms with E-state index in [9.17, 15) is 8.42 Å². The molecule has 1 aromatic carbocycles. The van der Waals surface area contributed by atoms with Crippen LogP contribution in [0, 0.1) is 6.92 Å². The first kappa shape index (κ1) is 13.4. The minimum Gasteiger partial charge on any atom is -0.468 e. The quantitative estimate of drug-likeness (QED) is 0.873. The van der Waals surface area contributed by atoms with E-state index in [2.05, 4.69) is 0 Å². The van der Waals surface area contributed by atoms with Crippen molar-refractivity contribution in [1.82, 2.24) is 4.31 Å². The first-order valence-electron chi connectivity index (χ1n) is 6.71. The molecule has 0 amide bonds. The summed E-state index contributed by atoms with van der Waals surface area (Å²) in [6.07, 6.45) is 3.25. The molecule has 4 nitrogen and oxygen atoms in total. The van der Waals surface area contributed by atoms with Crippen molar-refractivity contribution in [3.63, 3.8) is 0 Å². The Kier molecular flexibility index (Phi) is 3.40. The number of nitrogens with zero attached hydrogens (tertiary/aromatic N) is 1. The largest absolute Gasteiger partial charge is 0.468 e. The SMILES string of the molecule is Cc1ccc(S(=O)(=O)N2CCC[C@H]2c2ccco2)cc1. The molecule has 1 aliphatic heterocycles. The Balaban J connectivity index is 1.96. The van der Waals surface area contributed by atoms with Crippen molar-refractivity contribution in [1.29, 1.82) is 0 Å². The Hall–Kier alpha value is -1.59. The zero-order valence-electron chi connectivity index (χ0n) is 11.3. The Labute approximate surface area is 119 Å². The lowest BCUT2D eigenvalue weighted by molar-refractivity contribution is 0.340.